The van der Waals surface area contributed by atoms with Crippen LogP contribution in [-0.2, 0) is 13.6 Å². The Labute approximate surface area is 112 Å². The van der Waals surface area contributed by atoms with E-state index in [1.54, 1.807) is 0 Å². The van der Waals surface area contributed by atoms with Gasteiger partial charge in [0.1, 0.15) is 11.3 Å². The first-order valence-corrected chi connectivity index (χ1v) is 6.36. The van der Waals surface area contributed by atoms with Crippen LogP contribution in [0.4, 0.5) is 5.69 Å². The molecule has 4 heteroatoms. The minimum atomic E-state index is 0.669. The Morgan fingerprint density at radius 1 is 1.26 bits per heavy atom. The summed E-state index contributed by atoms with van der Waals surface area (Å²) in [6.07, 6.45) is 0. The predicted octanol–water partition coefficient (Wildman–Crippen LogP) is 3.40. The topological polar surface area (TPSA) is 43.0 Å². The molecule has 0 aliphatic heterocycles. The monoisotopic (exact) mass is 255 g/mol. The second-order valence-corrected chi connectivity index (χ2v) is 4.77. The van der Waals surface area contributed by atoms with Crippen molar-refractivity contribution in [3.63, 3.8) is 0 Å². The Morgan fingerprint density at radius 2 is 2.05 bits per heavy atom. The van der Waals surface area contributed by atoms with Gasteiger partial charge in [-0.2, -0.15) is 5.10 Å². The summed E-state index contributed by atoms with van der Waals surface area (Å²) in [6, 6.07) is 10.1. The summed E-state index contributed by atoms with van der Waals surface area (Å²) >= 11 is 0. The lowest BCUT2D eigenvalue weighted by Crippen LogP contribution is -2.00. The van der Waals surface area contributed by atoms with E-state index in [4.69, 9.17) is 4.42 Å². The number of rotatable bonds is 3. The molecule has 0 unspecified atom stereocenters. The molecule has 0 fully saturated rings. The van der Waals surface area contributed by atoms with Gasteiger partial charge >= 0.3 is 0 Å². The molecule has 0 saturated carbocycles. The fraction of sp³-hybridized carbons (Fsp3) is 0.267. The minimum absolute atomic E-state index is 0.669. The zero-order chi connectivity index (χ0) is 13.4. The third-order valence-corrected chi connectivity index (χ3v) is 3.42. The maximum Gasteiger partial charge on any atom is 0.134 e. The fourth-order valence-electron chi connectivity index (χ4n) is 2.33. The van der Waals surface area contributed by atoms with Crippen molar-refractivity contribution < 1.29 is 4.42 Å². The molecule has 3 aromatic rings. The number of nitrogens with zero attached hydrogens (tertiary/aromatic N) is 2. The summed E-state index contributed by atoms with van der Waals surface area (Å²) in [7, 11) is 1.95. The van der Waals surface area contributed by atoms with Gasteiger partial charge in [0.05, 0.1) is 23.6 Å². The van der Waals surface area contributed by atoms with Gasteiger partial charge in [-0.1, -0.05) is 18.2 Å². The standard InChI is InChI=1S/C15H17N3O/c1-10-15(11(2)18(3)17-10)16-9-13-8-12-6-4-5-7-14(12)19-13/h4-8,16H,9H2,1-3H3. The molecular weight excluding hydrogens is 238 g/mol. The van der Waals surface area contributed by atoms with Gasteiger partial charge in [0.25, 0.3) is 0 Å². The molecule has 0 bridgehead atoms. The first kappa shape index (κ1) is 11.8. The number of aryl methyl sites for hydroxylation is 2. The average molecular weight is 255 g/mol. The van der Waals surface area contributed by atoms with E-state index in [1.165, 1.54) is 0 Å². The second kappa shape index (κ2) is 4.46. The molecule has 0 aliphatic carbocycles. The minimum Gasteiger partial charge on any atom is -0.459 e. The van der Waals surface area contributed by atoms with E-state index in [9.17, 15) is 0 Å². The van der Waals surface area contributed by atoms with Crippen LogP contribution in [0.5, 0.6) is 0 Å². The molecule has 0 saturated heterocycles. The van der Waals surface area contributed by atoms with Crippen LogP contribution in [0, 0.1) is 13.8 Å². The molecule has 4 nitrogen and oxygen atoms in total. The Hall–Kier alpha value is -2.23. The second-order valence-electron chi connectivity index (χ2n) is 4.77. The molecule has 2 aromatic heterocycles. The molecule has 2 heterocycles. The predicted molar refractivity (Wildman–Crippen MR) is 76.2 cm³/mol. The summed E-state index contributed by atoms with van der Waals surface area (Å²) in [4.78, 5) is 0. The SMILES string of the molecule is Cc1nn(C)c(C)c1NCc1cc2ccccc2o1. The summed E-state index contributed by atoms with van der Waals surface area (Å²) in [5.74, 6) is 0.934. The van der Waals surface area contributed by atoms with Gasteiger partial charge in [-0.05, 0) is 26.0 Å². The number of anilines is 1. The zero-order valence-electron chi connectivity index (χ0n) is 11.4. The fourth-order valence-corrected chi connectivity index (χ4v) is 2.33. The number of hydrogen-bond donors (Lipinski definition) is 1. The maximum absolute atomic E-state index is 5.79. The lowest BCUT2D eigenvalue weighted by atomic mass is 10.2. The number of aromatic nitrogens is 2. The third-order valence-electron chi connectivity index (χ3n) is 3.42. The van der Waals surface area contributed by atoms with Gasteiger partial charge in [-0.3, -0.25) is 4.68 Å². The van der Waals surface area contributed by atoms with Crippen molar-refractivity contribution in [2.75, 3.05) is 5.32 Å². The molecule has 19 heavy (non-hydrogen) atoms. The number of furan rings is 1. The molecule has 0 aliphatic rings. The average Bonchev–Trinajstić information content (AvgIpc) is 2.90. The van der Waals surface area contributed by atoms with Crippen LogP contribution in [0.2, 0.25) is 0 Å². The molecule has 0 amide bonds. The quantitative estimate of drug-likeness (QED) is 0.780. The van der Waals surface area contributed by atoms with Crippen molar-refractivity contribution >= 4 is 16.7 Å². The Balaban J connectivity index is 1.82. The highest BCUT2D eigenvalue weighted by atomic mass is 16.3. The smallest absolute Gasteiger partial charge is 0.134 e. The normalized spacial score (nSPS) is 11.1. The molecule has 3 rings (SSSR count). The van der Waals surface area contributed by atoms with Crippen molar-refractivity contribution in [1.29, 1.82) is 0 Å². The van der Waals surface area contributed by atoms with Crippen LogP contribution in [0.1, 0.15) is 17.1 Å². The first-order chi connectivity index (χ1) is 9.15. The lowest BCUT2D eigenvalue weighted by molar-refractivity contribution is 0.559. The van der Waals surface area contributed by atoms with Crippen LogP contribution < -0.4 is 5.32 Å². The van der Waals surface area contributed by atoms with E-state index in [1.807, 2.05) is 36.9 Å². The van der Waals surface area contributed by atoms with Crippen LogP contribution in [0.15, 0.2) is 34.7 Å². The number of fused-ring (bicyclic) bond motifs is 1. The maximum atomic E-state index is 5.79. The first-order valence-electron chi connectivity index (χ1n) is 6.36. The Bertz CT molecular complexity index is 691. The van der Waals surface area contributed by atoms with E-state index in [-0.39, 0.29) is 0 Å². The highest BCUT2D eigenvalue weighted by molar-refractivity contribution is 5.77. The van der Waals surface area contributed by atoms with Crippen molar-refractivity contribution in [1.82, 2.24) is 9.78 Å². The molecule has 98 valence electrons. The van der Waals surface area contributed by atoms with Gasteiger partial charge in [0.15, 0.2) is 0 Å². The molecule has 0 spiro atoms. The number of benzene rings is 1. The van der Waals surface area contributed by atoms with Crippen molar-refractivity contribution in [3.8, 4) is 0 Å². The van der Waals surface area contributed by atoms with E-state index in [0.717, 1.165) is 33.8 Å². The zero-order valence-corrected chi connectivity index (χ0v) is 11.4. The van der Waals surface area contributed by atoms with E-state index in [0.29, 0.717) is 6.54 Å². The van der Waals surface area contributed by atoms with E-state index < -0.39 is 0 Å². The Morgan fingerprint density at radius 3 is 2.74 bits per heavy atom. The Kier molecular flexibility index (Phi) is 2.78. The summed E-state index contributed by atoms with van der Waals surface area (Å²) in [5.41, 5.74) is 4.16. The lowest BCUT2D eigenvalue weighted by Gasteiger charge is -2.04. The number of nitrogens with one attached hydrogen (secondary N) is 1. The van der Waals surface area contributed by atoms with Gasteiger partial charge in [-0.25, -0.2) is 0 Å². The molecule has 1 N–H and O–H groups in total. The highest BCUT2D eigenvalue weighted by Crippen LogP contribution is 2.22. The number of para-hydroxylation sites is 1. The van der Waals surface area contributed by atoms with Crippen LogP contribution in [-0.4, -0.2) is 9.78 Å². The summed E-state index contributed by atoms with van der Waals surface area (Å²) in [5, 5.41) is 8.93. The van der Waals surface area contributed by atoms with Gasteiger partial charge in [0, 0.05) is 12.4 Å². The van der Waals surface area contributed by atoms with Crippen molar-refractivity contribution in [2.45, 2.75) is 20.4 Å². The van der Waals surface area contributed by atoms with Gasteiger partial charge in [-0.15, -0.1) is 0 Å². The van der Waals surface area contributed by atoms with Gasteiger partial charge < -0.3 is 9.73 Å². The highest BCUT2D eigenvalue weighted by Gasteiger charge is 2.10. The molecular formula is C15H17N3O. The molecule has 1 aromatic carbocycles. The third kappa shape index (κ3) is 2.10. The largest absolute Gasteiger partial charge is 0.459 e. The summed E-state index contributed by atoms with van der Waals surface area (Å²) < 4.78 is 7.67. The molecule has 0 atom stereocenters. The van der Waals surface area contributed by atoms with Crippen molar-refractivity contribution in [3.05, 3.63) is 47.5 Å². The van der Waals surface area contributed by atoms with Crippen LogP contribution in [0.3, 0.4) is 0 Å². The van der Waals surface area contributed by atoms with E-state index in [2.05, 4.69) is 29.5 Å². The van der Waals surface area contributed by atoms with Crippen LogP contribution >= 0.6 is 0 Å². The van der Waals surface area contributed by atoms with Crippen LogP contribution in [0.25, 0.3) is 11.0 Å². The van der Waals surface area contributed by atoms with Gasteiger partial charge in [0.2, 0.25) is 0 Å². The van der Waals surface area contributed by atoms with E-state index >= 15 is 0 Å². The van der Waals surface area contributed by atoms with Crippen molar-refractivity contribution in [2.24, 2.45) is 7.05 Å². The number of hydrogen-bond acceptors (Lipinski definition) is 3. The summed E-state index contributed by atoms with van der Waals surface area (Å²) in [6.45, 7) is 4.73. The molecule has 0 radical (unpaired) electrons.